The van der Waals surface area contributed by atoms with Crippen molar-refractivity contribution in [3.63, 3.8) is 0 Å². The largest absolute Gasteiger partial charge is 0.481 e. The molecule has 2 N–H and O–H groups in total. The minimum absolute atomic E-state index is 0.0462. The predicted octanol–water partition coefficient (Wildman–Crippen LogP) is 0.833. The Labute approximate surface area is 109 Å². The first-order valence-electron chi connectivity index (χ1n) is 6.09. The van der Waals surface area contributed by atoms with Crippen LogP contribution in [0, 0.1) is 5.92 Å². The van der Waals surface area contributed by atoms with Gasteiger partial charge in [0, 0.05) is 20.1 Å². The van der Waals surface area contributed by atoms with Gasteiger partial charge in [-0.25, -0.2) is 13.1 Å². The standard InChI is InChI=1S/C11H23NO5S/c1-3-10(4-5-11(13)14)6-7-12-18(15,16)9-8-17-2/h10,12H,3-9H2,1-2H3,(H,13,14). The molecule has 0 aromatic heterocycles. The second-order valence-electron chi connectivity index (χ2n) is 4.20. The van der Waals surface area contributed by atoms with E-state index in [-0.39, 0.29) is 24.7 Å². The van der Waals surface area contributed by atoms with E-state index in [9.17, 15) is 13.2 Å². The molecule has 0 saturated carbocycles. The van der Waals surface area contributed by atoms with E-state index < -0.39 is 16.0 Å². The third kappa shape index (κ3) is 9.38. The van der Waals surface area contributed by atoms with Crippen LogP contribution in [0.25, 0.3) is 0 Å². The lowest BCUT2D eigenvalue weighted by Gasteiger charge is -2.14. The maximum atomic E-state index is 11.4. The van der Waals surface area contributed by atoms with Crippen molar-refractivity contribution in [2.24, 2.45) is 5.92 Å². The Kier molecular flexibility index (Phi) is 8.95. The summed E-state index contributed by atoms with van der Waals surface area (Å²) in [6, 6.07) is 0. The summed E-state index contributed by atoms with van der Waals surface area (Å²) < 4.78 is 30.1. The Morgan fingerprint density at radius 1 is 1.39 bits per heavy atom. The molecule has 108 valence electrons. The van der Waals surface area contributed by atoms with Gasteiger partial charge in [0.1, 0.15) is 0 Å². The highest BCUT2D eigenvalue weighted by Gasteiger charge is 2.12. The van der Waals surface area contributed by atoms with E-state index in [1.54, 1.807) is 0 Å². The van der Waals surface area contributed by atoms with Gasteiger partial charge in [-0.2, -0.15) is 0 Å². The topological polar surface area (TPSA) is 92.7 Å². The molecule has 7 heteroatoms. The van der Waals surface area contributed by atoms with Gasteiger partial charge >= 0.3 is 5.97 Å². The van der Waals surface area contributed by atoms with Crippen LogP contribution in [0.4, 0.5) is 0 Å². The average Bonchev–Trinajstić information content (AvgIpc) is 2.30. The van der Waals surface area contributed by atoms with Crippen LogP contribution in [-0.2, 0) is 19.6 Å². The molecular weight excluding hydrogens is 258 g/mol. The van der Waals surface area contributed by atoms with Gasteiger partial charge in [-0.05, 0) is 18.8 Å². The fraction of sp³-hybridized carbons (Fsp3) is 0.909. The van der Waals surface area contributed by atoms with Crippen LogP contribution >= 0.6 is 0 Å². The number of methoxy groups -OCH3 is 1. The maximum absolute atomic E-state index is 11.4. The molecule has 0 aliphatic carbocycles. The number of carboxylic acids is 1. The minimum Gasteiger partial charge on any atom is -0.481 e. The van der Waals surface area contributed by atoms with E-state index in [1.165, 1.54) is 7.11 Å². The third-order valence-corrected chi connectivity index (χ3v) is 4.12. The number of carbonyl (C=O) groups is 1. The molecule has 0 fully saturated rings. The van der Waals surface area contributed by atoms with Gasteiger partial charge in [0.25, 0.3) is 0 Å². The first-order valence-corrected chi connectivity index (χ1v) is 7.74. The molecule has 0 radical (unpaired) electrons. The molecule has 0 heterocycles. The maximum Gasteiger partial charge on any atom is 0.303 e. The van der Waals surface area contributed by atoms with Gasteiger partial charge in [-0.1, -0.05) is 13.3 Å². The summed E-state index contributed by atoms with van der Waals surface area (Å²) in [4.78, 5) is 10.4. The quantitative estimate of drug-likeness (QED) is 0.585. The van der Waals surface area contributed by atoms with Gasteiger partial charge < -0.3 is 9.84 Å². The first-order chi connectivity index (χ1) is 8.41. The number of sulfonamides is 1. The smallest absolute Gasteiger partial charge is 0.303 e. The third-order valence-electron chi connectivity index (χ3n) is 2.77. The number of rotatable bonds is 11. The summed E-state index contributed by atoms with van der Waals surface area (Å²) in [7, 11) is -1.82. The molecule has 1 atom stereocenters. The molecule has 0 aliphatic heterocycles. The van der Waals surface area contributed by atoms with Crippen LogP contribution < -0.4 is 4.72 Å². The fourth-order valence-electron chi connectivity index (χ4n) is 1.56. The Bertz CT molecular complexity index is 328. The molecule has 0 aromatic rings. The molecular formula is C11H23NO5S. The average molecular weight is 281 g/mol. The Morgan fingerprint density at radius 2 is 2.06 bits per heavy atom. The van der Waals surface area contributed by atoms with E-state index >= 15 is 0 Å². The molecule has 18 heavy (non-hydrogen) atoms. The van der Waals surface area contributed by atoms with Crippen molar-refractivity contribution in [1.29, 1.82) is 0 Å². The number of aliphatic carboxylic acids is 1. The zero-order valence-corrected chi connectivity index (χ0v) is 11.8. The van der Waals surface area contributed by atoms with Crippen molar-refractivity contribution >= 4 is 16.0 Å². The second-order valence-corrected chi connectivity index (χ2v) is 6.13. The van der Waals surface area contributed by atoms with Crippen molar-refractivity contribution in [2.75, 3.05) is 26.0 Å². The molecule has 0 spiro atoms. The van der Waals surface area contributed by atoms with Crippen LogP contribution in [0.2, 0.25) is 0 Å². The van der Waals surface area contributed by atoms with E-state index in [0.717, 1.165) is 6.42 Å². The van der Waals surface area contributed by atoms with Gasteiger partial charge in [0.2, 0.25) is 10.0 Å². The molecule has 1 unspecified atom stereocenters. The predicted molar refractivity (Wildman–Crippen MR) is 68.9 cm³/mol. The molecule has 0 amide bonds. The molecule has 0 bridgehead atoms. The van der Waals surface area contributed by atoms with Crippen molar-refractivity contribution in [3.8, 4) is 0 Å². The minimum atomic E-state index is -3.27. The van der Waals surface area contributed by atoms with E-state index in [0.29, 0.717) is 19.4 Å². The molecule has 0 saturated heterocycles. The number of nitrogens with one attached hydrogen (secondary N) is 1. The highest BCUT2D eigenvalue weighted by atomic mass is 32.2. The van der Waals surface area contributed by atoms with E-state index in [4.69, 9.17) is 9.84 Å². The van der Waals surface area contributed by atoms with Crippen molar-refractivity contribution in [3.05, 3.63) is 0 Å². The molecule has 6 nitrogen and oxygen atoms in total. The highest BCUT2D eigenvalue weighted by molar-refractivity contribution is 7.89. The summed E-state index contributed by atoms with van der Waals surface area (Å²) >= 11 is 0. The van der Waals surface area contributed by atoms with Crippen molar-refractivity contribution in [1.82, 2.24) is 4.72 Å². The normalized spacial score (nSPS) is 13.4. The lowest BCUT2D eigenvalue weighted by molar-refractivity contribution is -0.137. The Balaban J connectivity index is 3.88. The van der Waals surface area contributed by atoms with Gasteiger partial charge in [-0.15, -0.1) is 0 Å². The fourth-order valence-corrected chi connectivity index (χ4v) is 2.52. The summed E-state index contributed by atoms with van der Waals surface area (Å²) in [5.74, 6) is -0.615. The first kappa shape index (κ1) is 17.3. The Hall–Kier alpha value is -0.660. The van der Waals surface area contributed by atoms with Crippen LogP contribution in [0.5, 0.6) is 0 Å². The van der Waals surface area contributed by atoms with Crippen molar-refractivity contribution in [2.45, 2.75) is 32.6 Å². The monoisotopic (exact) mass is 281 g/mol. The molecule has 0 rings (SSSR count). The van der Waals surface area contributed by atoms with Gasteiger partial charge in [0.05, 0.1) is 12.4 Å². The van der Waals surface area contributed by atoms with Crippen LogP contribution in [0.15, 0.2) is 0 Å². The number of ether oxygens (including phenoxy) is 1. The van der Waals surface area contributed by atoms with Gasteiger partial charge in [-0.3, -0.25) is 4.79 Å². The van der Waals surface area contributed by atoms with E-state index in [2.05, 4.69) is 4.72 Å². The lowest BCUT2D eigenvalue weighted by Crippen LogP contribution is -2.30. The number of carboxylic acid groups (broad SMARTS) is 1. The lowest BCUT2D eigenvalue weighted by atomic mass is 9.97. The molecule has 0 aromatic carbocycles. The SMILES string of the molecule is CCC(CCNS(=O)(=O)CCOC)CCC(=O)O. The van der Waals surface area contributed by atoms with E-state index in [1.807, 2.05) is 6.92 Å². The summed E-state index contributed by atoms with van der Waals surface area (Å²) in [5, 5.41) is 8.58. The summed E-state index contributed by atoms with van der Waals surface area (Å²) in [6.07, 6.45) is 2.24. The highest BCUT2D eigenvalue weighted by Crippen LogP contribution is 2.14. The molecule has 0 aliphatic rings. The summed E-state index contributed by atoms with van der Waals surface area (Å²) in [6.45, 7) is 2.50. The number of hydrogen-bond donors (Lipinski definition) is 2. The zero-order chi connectivity index (χ0) is 14.0. The summed E-state index contributed by atoms with van der Waals surface area (Å²) in [5.41, 5.74) is 0. The van der Waals surface area contributed by atoms with Crippen LogP contribution in [0.3, 0.4) is 0 Å². The number of hydrogen-bond acceptors (Lipinski definition) is 4. The zero-order valence-electron chi connectivity index (χ0n) is 11.0. The van der Waals surface area contributed by atoms with Crippen LogP contribution in [0.1, 0.15) is 32.6 Å². The van der Waals surface area contributed by atoms with Gasteiger partial charge in [0.15, 0.2) is 0 Å². The van der Waals surface area contributed by atoms with Crippen molar-refractivity contribution < 1.29 is 23.1 Å². The Morgan fingerprint density at radius 3 is 2.56 bits per heavy atom. The second kappa shape index (κ2) is 9.29. The van der Waals surface area contributed by atoms with Crippen LogP contribution in [-0.4, -0.2) is 45.5 Å².